The Labute approximate surface area is 129 Å². The number of carbonyl (C=O) groups excluding carboxylic acids is 1. The number of nitrogens with one attached hydrogen (secondary N) is 1. The molecule has 4 heteroatoms. The highest BCUT2D eigenvalue weighted by atomic mass is 16.5. The molecule has 1 aromatic carbocycles. The van der Waals surface area contributed by atoms with Gasteiger partial charge in [0.2, 0.25) is 0 Å². The van der Waals surface area contributed by atoms with Crippen LogP contribution in [0.4, 0.5) is 0 Å². The maximum Gasteiger partial charge on any atom is 0.308 e. The molecule has 0 amide bonds. The van der Waals surface area contributed by atoms with E-state index in [0.717, 1.165) is 22.1 Å². The second-order valence-corrected chi connectivity index (χ2v) is 5.66. The molecule has 0 radical (unpaired) electrons. The molecule has 0 saturated carbocycles. The Hall–Kier alpha value is -2.36. The number of rotatable bonds is 3. The lowest BCUT2D eigenvalue weighted by molar-refractivity contribution is -0.131. The summed E-state index contributed by atoms with van der Waals surface area (Å²) in [7, 11) is 0. The molecule has 4 nitrogen and oxygen atoms in total. The number of carbonyl (C=O) groups is 1. The van der Waals surface area contributed by atoms with Crippen LogP contribution in [0.25, 0.3) is 10.9 Å². The van der Waals surface area contributed by atoms with Crippen molar-refractivity contribution in [2.75, 3.05) is 0 Å². The number of esters is 1. The molecule has 0 spiro atoms. The molecule has 1 heterocycles. The lowest BCUT2D eigenvalue weighted by Crippen LogP contribution is -2.14. The molecule has 22 heavy (non-hydrogen) atoms. The van der Waals surface area contributed by atoms with Gasteiger partial charge in [0.05, 0.1) is 5.52 Å². The number of hydrogen-bond donors (Lipinski definition) is 1. The number of allylic oxidation sites excluding steroid dienone is 1. The predicted molar refractivity (Wildman–Crippen MR) is 88.7 cm³/mol. The average Bonchev–Trinajstić information content (AvgIpc) is 2.47. The summed E-state index contributed by atoms with van der Waals surface area (Å²) in [6, 6.07) is 1.98. The number of ether oxygens (including phenoxy) is 1. The number of fused-ring (bicyclic) bond motifs is 1. The zero-order valence-corrected chi connectivity index (χ0v) is 13.7. The minimum Gasteiger partial charge on any atom is -0.426 e. The standard InChI is InChI=1S/C18H21NO3/c1-7-9(2)14-8-15-10(3)11(4)18(21)19-16(15)12(5)17(14)22-13(6)20/h7-9H,1H2,2-6H3,(H,19,21). The number of H-pyrrole nitrogens is 1. The molecule has 2 rings (SSSR count). The lowest BCUT2D eigenvalue weighted by atomic mass is 9.93. The van der Waals surface area contributed by atoms with Gasteiger partial charge in [0.15, 0.2) is 0 Å². The summed E-state index contributed by atoms with van der Waals surface area (Å²) in [5, 5.41) is 0.967. The smallest absolute Gasteiger partial charge is 0.308 e. The summed E-state index contributed by atoms with van der Waals surface area (Å²) in [5.41, 5.74) is 3.88. The number of hydrogen-bond acceptors (Lipinski definition) is 3. The largest absolute Gasteiger partial charge is 0.426 e. The van der Waals surface area contributed by atoms with E-state index in [2.05, 4.69) is 11.6 Å². The predicted octanol–water partition coefficient (Wildman–Crippen LogP) is 3.67. The van der Waals surface area contributed by atoms with Gasteiger partial charge in [-0.2, -0.15) is 0 Å². The second kappa shape index (κ2) is 5.79. The molecule has 2 aromatic rings. The van der Waals surface area contributed by atoms with E-state index < -0.39 is 0 Å². The van der Waals surface area contributed by atoms with Crippen LogP contribution in [0, 0.1) is 20.8 Å². The molecule has 0 saturated heterocycles. The Morgan fingerprint density at radius 2 is 1.91 bits per heavy atom. The highest BCUT2D eigenvalue weighted by Gasteiger charge is 2.19. The Balaban J connectivity index is 2.95. The Kier molecular flexibility index (Phi) is 4.22. The van der Waals surface area contributed by atoms with Crippen molar-refractivity contribution in [3.05, 3.63) is 51.3 Å². The first-order chi connectivity index (χ1) is 10.3. The molecule has 1 aromatic heterocycles. The summed E-state index contributed by atoms with van der Waals surface area (Å²) in [6.07, 6.45) is 1.81. The molecule has 116 valence electrons. The average molecular weight is 299 g/mol. The Bertz CT molecular complexity index is 831. The summed E-state index contributed by atoms with van der Waals surface area (Å²) in [4.78, 5) is 26.4. The first kappa shape index (κ1) is 16.0. The third-order valence-electron chi connectivity index (χ3n) is 4.18. The van der Waals surface area contributed by atoms with Crippen molar-refractivity contribution in [1.29, 1.82) is 0 Å². The van der Waals surface area contributed by atoms with Gasteiger partial charge in [-0.25, -0.2) is 0 Å². The molecular formula is C18H21NO3. The van der Waals surface area contributed by atoms with Crippen molar-refractivity contribution >= 4 is 16.9 Å². The minimum absolute atomic E-state index is 0.0316. The molecule has 1 atom stereocenters. The summed E-state index contributed by atoms with van der Waals surface area (Å²) >= 11 is 0. The van der Waals surface area contributed by atoms with E-state index in [1.807, 2.05) is 32.9 Å². The maximum atomic E-state index is 12.0. The number of aromatic amines is 1. The summed E-state index contributed by atoms with van der Waals surface area (Å²) < 4.78 is 5.41. The monoisotopic (exact) mass is 299 g/mol. The molecule has 0 aliphatic carbocycles. The zero-order chi connectivity index (χ0) is 16.6. The van der Waals surface area contributed by atoms with Gasteiger partial charge >= 0.3 is 5.97 Å². The Morgan fingerprint density at radius 3 is 2.45 bits per heavy atom. The SMILES string of the molecule is C=CC(C)c1cc2c(C)c(C)c(=O)[nH]c2c(C)c1OC(C)=O. The van der Waals surface area contributed by atoms with Crippen molar-refractivity contribution in [3.8, 4) is 5.75 Å². The van der Waals surface area contributed by atoms with Gasteiger partial charge in [-0.15, -0.1) is 6.58 Å². The van der Waals surface area contributed by atoms with Crippen molar-refractivity contribution in [2.24, 2.45) is 0 Å². The lowest BCUT2D eigenvalue weighted by Gasteiger charge is -2.18. The van der Waals surface area contributed by atoms with Crippen LogP contribution in [0.2, 0.25) is 0 Å². The molecule has 1 unspecified atom stereocenters. The first-order valence-electron chi connectivity index (χ1n) is 7.25. The van der Waals surface area contributed by atoms with Gasteiger partial charge in [0, 0.05) is 34.9 Å². The van der Waals surface area contributed by atoms with E-state index in [9.17, 15) is 9.59 Å². The van der Waals surface area contributed by atoms with E-state index >= 15 is 0 Å². The normalized spacial score (nSPS) is 12.2. The van der Waals surface area contributed by atoms with E-state index in [1.165, 1.54) is 6.92 Å². The number of pyridine rings is 1. The van der Waals surface area contributed by atoms with Gasteiger partial charge in [-0.1, -0.05) is 13.0 Å². The second-order valence-electron chi connectivity index (χ2n) is 5.66. The first-order valence-corrected chi connectivity index (χ1v) is 7.25. The van der Waals surface area contributed by atoms with Crippen molar-refractivity contribution < 1.29 is 9.53 Å². The van der Waals surface area contributed by atoms with Gasteiger partial charge < -0.3 is 9.72 Å². The molecular weight excluding hydrogens is 278 g/mol. The zero-order valence-electron chi connectivity index (χ0n) is 13.7. The van der Waals surface area contributed by atoms with Gasteiger partial charge in [0.25, 0.3) is 5.56 Å². The fourth-order valence-corrected chi connectivity index (χ4v) is 2.61. The Morgan fingerprint density at radius 1 is 1.27 bits per heavy atom. The van der Waals surface area contributed by atoms with Crippen LogP contribution >= 0.6 is 0 Å². The molecule has 0 aliphatic heterocycles. The van der Waals surface area contributed by atoms with Gasteiger partial charge in [0.1, 0.15) is 5.75 Å². The van der Waals surface area contributed by atoms with Crippen LogP contribution in [-0.2, 0) is 4.79 Å². The topological polar surface area (TPSA) is 59.2 Å². The van der Waals surface area contributed by atoms with Crippen molar-refractivity contribution in [3.63, 3.8) is 0 Å². The number of benzene rings is 1. The number of aryl methyl sites for hydroxylation is 2. The van der Waals surface area contributed by atoms with Crippen LogP contribution < -0.4 is 10.3 Å². The van der Waals surface area contributed by atoms with Crippen molar-refractivity contribution in [2.45, 2.75) is 40.5 Å². The maximum absolute atomic E-state index is 12.0. The van der Waals surface area contributed by atoms with E-state index in [0.29, 0.717) is 16.8 Å². The van der Waals surface area contributed by atoms with Crippen LogP contribution in [0.5, 0.6) is 5.75 Å². The third kappa shape index (κ3) is 2.56. The van der Waals surface area contributed by atoms with E-state index in [1.54, 1.807) is 6.92 Å². The molecule has 0 aliphatic rings. The van der Waals surface area contributed by atoms with Crippen LogP contribution in [0.15, 0.2) is 23.5 Å². The highest BCUT2D eigenvalue weighted by molar-refractivity contribution is 5.89. The van der Waals surface area contributed by atoms with Crippen molar-refractivity contribution in [1.82, 2.24) is 4.98 Å². The molecule has 1 N–H and O–H groups in total. The van der Waals surface area contributed by atoms with Crippen LogP contribution in [0.1, 0.15) is 42.0 Å². The van der Waals surface area contributed by atoms with Crippen LogP contribution in [-0.4, -0.2) is 11.0 Å². The van der Waals surface area contributed by atoms with Gasteiger partial charge in [-0.05, 0) is 32.4 Å². The van der Waals surface area contributed by atoms with Crippen LogP contribution in [0.3, 0.4) is 0 Å². The highest BCUT2D eigenvalue weighted by Crippen LogP contribution is 2.36. The third-order valence-corrected chi connectivity index (χ3v) is 4.18. The fraction of sp³-hybridized carbons (Fsp3) is 0.333. The van der Waals surface area contributed by atoms with E-state index in [4.69, 9.17) is 4.74 Å². The summed E-state index contributed by atoms with van der Waals surface area (Å²) in [5.74, 6) is 0.154. The molecule has 0 fully saturated rings. The van der Waals surface area contributed by atoms with Gasteiger partial charge in [-0.3, -0.25) is 9.59 Å². The molecule has 0 bridgehead atoms. The minimum atomic E-state index is -0.383. The summed E-state index contributed by atoms with van der Waals surface area (Å²) in [6.45, 7) is 12.8. The van der Waals surface area contributed by atoms with E-state index in [-0.39, 0.29) is 17.4 Å². The quantitative estimate of drug-likeness (QED) is 0.534. The number of aromatic nitrogens is 1. The fourth-order valence-electron chi connectivity index (χ4n) is 2.61.